The van der Waals surface area contributed by atoms with Crippen LogP contribution >= 0.6 is 23.3 Å². The van der Waals surface area contributed by atoms with Crippen molar-refractivity contribution in [3.63, 3.8) is 0 Å². The van der Waals surface area contributed by atoms with Gasteiger partial charge in [0.1, 0.15) is 0 Å². The van der Waals surface area contributed by atoms with E-state index in [4.69, 9.17) is 4.74 Å². The first-order chi connectivity index (χ1) is 10.2. The van der Waals surface area contributed by atoms with Crippen LogP contribution in [0, 0.1) is 6.92 Å². The van der Waals surface area contributed by atoms with Crippen LogP contribution in [-0.4, -0.2) is 22.3 Å². The van der Waals surface area contributed by atoms with E-state index in [0.717, 1.165) is 11.5 Å². The van der Waals surface area contributed by atoms with Gasteiger partial charge >= 0.3 is 0 Å². The van der Waals surface area contributed by atoms with E-state index in [1.165, 1.54) is 34.5 Å². The van der Waals surface area contributed by atoms with Gasteiger partial charge in [-0.25, -0.2) is 0 Å². The maximum atomic E-state index is 5.89. The summed E-state index contributed by atoms with van der Waals surface area (Å²) in [6, 6.07) is 10.6. The minimum atomic E-state index is 0.442. The van der Waals surface area contributed by atoms with Gasteiger partial charge in [0.15, 0.2) is 0 Å². The van der Waals surface area contributed by atoms with E-state index in [-0.39, 0.29) is 0 Å². The summed E-state index contributed by atoms with van der Waals surface area (Å²) in [6.07, 6.45) is 3.30. The third kappa shape index (κ3) is 3.68. The first-order valence-corrected chi connectivity index (χ1v) is 9.40. The summed E-state index contributed by atoms with van der Waals surface area (Å²) >= 11 is 3.59. The van der Waals surface area contributed by atoms with Gasteiger partial charge in [-0.05, 0) is 43.8 Å². The first-order valence-electron chi connectivity index (χ1n) is 7.48. The lowest BCUT2D eigenvalue weighted by molar-refractivity contribution is 0.0700. The predicted octanol–water partition coefficient (Wildman–Crippen LogP) is 4.92. The molecule has 2 aromatic rings. The van der Waals surface area contributed by atoms with Gasteiger partial charge in [0, 0.05) is 17.1 Å². The van der Waals surface area contributed by atoms with E-state index in [1.807, 2.05) is 11.8 Å². The molecule has 2 unspecified atom stereocenters. The summed E-state index contributed by atoms with van der Waals surface area (Å²) in [5.41, 5.74) is 3.85. The Balaban J connectivity index is 1.64. The van der Waals surface area contributed by atoms with Crippen LogP contribution in [0.15, 0.2) is 30.3 Å². The average molecular weight is 319 g/mol. The van der Waals surface area contributed by atoms with Gasteiger partial charge in [-0.15, -0.1) is 0 Å². The van der Waals surface area contributed by atoms with Gasteiger partial charge in [0.05, 0.1) is 22.8 Å². The molecule has 2 atom stereocenters. The second kappa shape index (κ2) is 6.95. The third-order valence-corrected chi connectivity index (χ3v) is 6.02. The van der Waals surface area contributed by atoms with Gasteiger partial charge in [-0.1, -0.05) is 30.3 Å². The minimum absolute atomic E-state index is 0.442. The third-order valence-electron chi connectivity index (χ3n) is 3.89. The number of rotatable bonds is 5. The summed E-state index contributed by atoms with van der Waals surface area (Å²) in [5, 5.41) is 0. The molecule has 2 nitrogen and oxygen atoms in total. The van der Waals surface area contributed by atoms with E-state index >= 15 is 0 Å². The van der Waals surface area contributed by atoms with Crippen LogP contribution in [0.1, 0.15) is 31.0 Å². The van der Waals surface area contributed by atoms with E-state index in [1.54, 1.807) is 11.5 Å². The highest BCUT2D eigenvalue weighted by Crippen LogP contribution is 2.33. The second-order valence-electron chi connectivity index (χ2n) is 5.60. The van der Waals surface area contributed by atoms with Crippen molar-refractivity contribution >= 4 is 23.3 Å². The van der Waals surface area contributed by atoms with Crippen molar-refractivity contribution < 1.29 is 4.74 Å². The molecule has 1 aromatic heterocycles. The summed E-state index contributed by atoms with van der Waals surface area (Å²) in [7, 11) is 0. The molecular weight excluding hydrogens is 298 g/mol. The molecule has 0 amide bonds. The van der Waals surface area contributed by atoms with Crippen LogP contribution in [0.25, 0.3) is 10.4 Å². The molecule has 1 fully saturated rings. The molecule has 0 saturated carbocycles. The number of aryl methyl sites for hydroxylation is 1. The van der Waals surface area contributed by atoms with Crippen LogP contribution < -0.4 is 0 Å². The van der Waals surface area contributed by atoms with Crippen LogP contribution in [0.2, 0.25) is 0 Å². The molecule has 112 valence electrons. The number of thioether (sulfide) groups is 1. The first kappa shape index (κ1) is 15.1. The molecule has 1 saturated heterocycles. The number of aromatic nitrogens is 1. The van der Waals surface area contributed by atoms with E-state index in [9.17, 15) is 0 Å². The average Bonchev–Trinajstić information content (AvgIpc) is 3.07. The van der Waals surface area contributed by atoms with Crippen LogP contribution in [0.5, 0.6) is 0 Å². The van der Waals surface area contributed by atoms with Crippen molar-refractivity contribution in [2.75, 3.05) is 5.75 Å². The molecule has 4 heteroatoms. The van der Waals surface area contributed by atoms with Crippen molar-refractivity contribution in [3.8, 4) is 10.4 Å². The van der Waals surface area contributed by atoms with Crippen LogP contribution in [-0.2, 0) is 10.5 Å². The fourth-order valence-electron chi connectivity index (χ4n) is 2.68. The number of benzene rings is 1. The Kier molecular flexibility index (Phi) is 4.99. The standard InChI is InChI=1S/C17H21NOS2/c1-12-8-9-15(19-12)10-20-11-16-13(2)18-21-17(16)14-6-4-3-5-7-14/h3-7,12,15H,8-11H2,1-2H3. The molecule has 1 aliphatic heterocycles. The number of ether oxygens (including phenoxy) is 1. The maximum Gasteiger partial charge on any atom is 0.0670 e. The zero-order valence-corrected chi connectivity index (χ0v) is 14.2. The van der Waals surface area contributed by atoms with Crippen LogP contribution in [0.4, 0.5) is 0 Å². The van der Waals surface area contributed by atoms with Crippen LogP contribution in [0.3, 0.4) is 0 Å². The Labute approximate surface area is 135 Å². The Hall–Kier alpha value is -0.840. The fourth-order valence-corrected chi connectivity index (χ4v) is 4.86. The SMILES string of the molecule is Cc1nsc(-c2ccccc2)c1CSCC1CCC(C)O1. The normalized spacial score (nSPS) is 21.8. The molecular formula is C17H21NOS2. The quantitative estimate of drug-likeness (QED) is 0.781. The lowest BCUT2D eigenvalue weighted by atomic mass is 10.1. The lowest BCUT2D eigenvalue weighted by Crippen LogP contribution is -2.11. The number of hydrogen-bond donors (Lipinski definition) is 0. The van der Waals surface area contributed by atoms with Gasteiger partial charge in [0.2, 0.25) is 0 Å². The minimum Gasteiger partial charge on any atom is -0.374 e. The summed E-state index contributed by atoms with van der Waals surface area (Å²) in [6.45, 7) is 4.29. The lowest BCUT2D eigenvalue weighted by Gasteiger charge is -2.11. The van der Waals surface area contributed by atoms with Crippen molar-refractivity contribution in [1.82, 2.24) is 4.37 Å². The second-order valence-corrected chi connectivity index (χ2v) is 7.41. The summed E-state index contributed by atoms with van der Waals surface area (Å²) < 4.78 is 10.4. The molecule has 0 spiro atoms. The topological polar surface area (TPSA) is 22.1 Å². The van der Waals surface area contributed by atoms with Crippen molar-refractivity contribution in [1.29, 1.82) is 0 Å². The Bertz CT molecular complexity index is 582. The highest BCUT2D eigenvalue weighted by molar-refractivity contribution is 7.98. The Morgan fingerprint density at radius 3 is 2.81 bits per heavy atom. The zero-order valence-electron chi connectivity index (χ0n) is 12.5. The van der Waals surface area contributed by atoms with Crippen molar-refractivity contribution in [2.24, 2.45) is 0 Å². The molecule has 1 aliphatic rings. The van der Waals surface area contributed by atoms with E-state index in [2.05, 4.69) is 48.6 Å². The smallest absolute Gasteiger partial charge is 0.0670 e. The van der Waals surface area contributed by atoms with Gasteiger partial charge in [-0.3, -0.25) is 0 Å². The van der Waals surface area contributed by atoms with Gasteiger partial charge < -0.3 is 4.74 Å². The van der Waals surface area contributed by atoms with Crippen molar-refractivity contribution in [2.45, 2.75) is 44.6 Å². The highest BCUT2D eigenvalue weighted by Gasteiger charge is 2.22. The molecule has 2 heterocycles. The Morgan fingerprint density at radius 1 is 1.29 bits per heavy atom. The largest absolute Gasteiger partial charge is 0.374 e. The highest BCUT2D eigenvalue weighted by atomic mass is 32.2. The monoisotopic (exact) mass is 319 g/mol. The number of nitrogens with zero attached hydrogens (tertiary/aromatic N) is 1. The fraction of sp³-hybridized carbons (Fsp3) is 0.471. The van der Waals surface area contributed by atoms with Gasteiger partial charge in [0.25, 0.3) is 0 Å². The molecule has 0 N–H and O–H groups in total. The van der Waals surface area contributed by atoms with E-state index in [0.29, 0.717) is 12.2 Å². The molecule has 0 bridgehead atoms. The van der Waals surface area contributed by atoms with Gasteiger partial charge in [-0.2, -0.15) is 16.1 Å². The number of hydrogen-bond acceptors (Lipinski definition) is 4. The van der Waals surface area contributed by atoms with E-state index < -0.39 is 0 Å². The molecule has 0 aliphatic carbocycles. The molecule has 0 radical (unpaired) electrons. The predicted molar refractivity (Wildman–Crippen MR) is 92.0 cm³/mol. The van der Waals surface area contributed by atoms with Crippen molar-refractivity contribution in [3.05, 3.63) is 41.6 Å². The molecule has 21 heavy (non-hydrogen) atoms. The Morgan fingerprint density at radius 2 is 2.10 bits per heavy atom. The maximum absolute atomic E-state index is 5.89. The summed E-state index contributed by atoms with van der Waals surface area (Å²) in [4.78, 5) is 1.32. The molecule has 3 rings (SSSR count). The summed E-state index contributed by atoms with van der Waals surface area (Å²) in [5.74, 6) is 2.12. The molecule has 1 aromatic carbocycles. The zero-order chi connectivity index (χ0) is 14.7.